The Kier molecular flexibility index (Phi) is 10.0. The van der Waals surface area contributed by atoms with Crippen molar-refractivity contribution in [2.45, 2.75) is 65.5 Å². The van der Waals surface area contributed by atoms with Crippen LogP contribution in [0.2, 0.25) is 18.1 Å². The molecule has 154 valence electrons. The summed E-state index contributed by atoms with van der Waals surface area (Å²) < 4.78 is 20.1. The molecule has 0 aliphatic carbocycles. The first-order valence-corrected chi connectivity index (χ1v) is 13.8. The van der Waals surface area contributed by atoms with E-state index in [1.165, 1.54) is 0 Å². The topological polar surface area (TPSA) is 27.7 Å². The number of hydrogen-bond donors (Lipinski definition) is 0. The quantitative estimate of drug-likeness (QED) is 0.258. The predicted octanol–water partition coefficient (Wildman–Crippen LogP) is 6.82. The van der Waals surface area contributed by atoms with Gasteiger partial charge in [0, 0.05) is 18.4 Å². The van der Waals surface area contributed by atoms with E-state index in [0.29, 0.717) is 18.4 Å². The smallest absolute Gasteiger partial charge is 0.191 e. The van der Waals surface area contributed by atoms with Crippen LogP contribution in [0.1, 0.15) is 40.2 Å². The first-order chi connectivity index (χ1) is 12.5. The van der Waals surface area contributed by atoms with Crippen LogP contribution in [0.15, 0.2) is 34.4 Å². The van der Waals surface area contributed by atoms with Gasteiger partial charge in [-0.1, -0.05) is 75.4 Å². The molecule has 0 aliphatic rings. The first kappa shape index (κ1) is 24.7. The minimum Gasteiger partial charge on any atom is -0.497 e. The number of benzene rings is 1. The van der Waals surface area contributed by atoms with Crippen molar-refractivity contribution < 1.29 is 13.9 Å². The van der Waals surface area contributed by atoms with Gasteiger partial charge in [-0.05, 0) is 39.9 Å². The van der Waals surface area contributed by atoms with Crippen molar-refractivity contribution in [3.05, 3.63) is 40.0 Å². The van der Waals surface area contributed by atoms with Crippen LogP contribution in [-0.2, 0) is 15.8 Å². The number of hydrogen-bond acceptors (Lipinski definition) is 3. The van der Waals surface area contributed by atoms with Crippen molar-refractivity contribution in [1.29, 1.82) is 0 Å². The molecule has 1 rings (SSSR count). The van der Waals surface area contributed by atoms with E-state index in [-0.39, 0.29) is 11.1 Å². The van der Waals surface area contributed by atoms with E-state index in [4.69, 9.17) is 13.9 Å². The lowest BCUT2D eigenvalue weighted by molar-refractivity contribution is -0.0292. The lowest BCUT2D eigenvalue weighted by Gasteiger charge is -2.38. The molecule has 0 amide bonds. The third kappa shape index (κ3) is 7.87. The molecule has 0 N–H and O–H groups in total. The second-order valence-electron chi connectivity index (χ2n) is 8.85. The van der Waals surface area contributed by atoms with E-state index in [1.54, 1.807) is 7.11 Å². The van der Waals surface area contributed by atoms with Gasteiger partial charge in [0.15, 0.2) is 8.32 Å². The fourth-order valence-electron chi connectivity index (χ4n) is 2.62. The maximum absolute atomic E-state index is 6.46. The van der Waals surface area contributed by atoms with E-state index in [9.17, 15) is 0 Å². The second kappa shape index (κ2) is 11.0. The highest BCUT2D eigenvalue weighted by Gasteiger charge is 2.38. The van der Waals surface area contributed by atoms with Crippen molar-refractivity contribution in [3.8, 4) is 5.75 Å². The second-order valence-corrected chi connectivity index (χ2v) is 14.4. The van der Waals surface area contributed by atoms with Crippen LogP contribution in [0, 0.1) is 11.8 Å². The van der Waals surface area contributed by atoms with Gasteiger partial charge < -0.3 is 13.9 Å². The average Bonchev–Trinajstić information content (AvgIpc) is 2.60. The Labute approximate surface area is 181 Å². The van der Waals surface area contributed by atoms with Crippen LogP contribution in [0.25, 0.3) is 0 Å². The van der Waals surface area contributed by atoms with Crippen molar-refractivity contribution >= 4 is 30.9 Å². The van der Waals surface area contributed by atoms with E-state index in [2.05, 4.69) is 92.6 Å². The minimum absolute atomic E-state index is 0.114. The summed E-state index contributed by atoms with van der Waals surface area (Å²) in [5.41, 5.74) is 1.16. The lowest BCUT2D eigenvalue weighted by atomic mass is 9.94. The van der Waals surface area contributed by atoms with Gasteiger partial charge in [0.25, 0.3) is 0 Å². The third-order valence-electron chi connectivity index (χ3n) is 5.57. The van der Waals surface area contributed by atoms with Gasteiger partial charge in [0.1, 0.15) is 5.75 Å². The summed E-state index contributed by atoms with van der Waals surface area (Å²) in [6.07, 6.45) is 2.32. The van der Waals surface area contributed by atoms with E-state index >= 15 is 0 Å². The van der Waals surface area contributed by atoms with Crippen LogP contribution >= 0.6 is 22.6 Å². The summed E-state index contributed by atoms with van der Waals surface area (Å²) in [5.74, 6) is 1.52. The van der Waals surface area contributed by atoms with Crippen LogP contribution in [-0.4, -0.2) is 28.1 Å². The van der Waals surface area contributed by atoms with Gasteiger partial charge in [-0.15, -0.1) is 0 Å². The molecule has 5 heteroatoms. The SMILES string of the molecule is COc1ccc(CO[C@H]([C@@H](C)/C=C\I)[C@@H](C)CO[Si](C)(C)C(C)(C)C)cc1. The number of methoxy groups -OCH3 is 1. The highest BCUT2D eigenvalue weighted by Crippen LogP contribution is 2.37. The number of halogens is 1. The molecule has 3 nitrogen and oxygen atoms in total. The van der Waals surface area contributed by atoms with E-state index in [0.717, 1.165) is 17.9 Å². The van der Waals surface area contributed by atoms with E-state index in [1.807, 2.05) is 12.1 Å². The molecule has 0 saturated carbocycles. The molecule has 0 bridgehead atoms. The highest BCUT2D eigenvalue weighted by atomic mass is 127. The van der Waals surface area contributed by atoms with Crippen LogP contribution in [0.4, 0.5) is 0 Å². The van der Waals surface area contributed by atoms with Gasteiger partial charge in [-0.2, -0.15) is 0 Å². The predicted molar refractivity (Wildman–Crippen MR) is 126 cm³/mol. The van der Waals surface area contributed by atoms with Crippen molar-refractivity contribution in [3.63, 3.8) is 0 Å². The monoisotopic (exact) mass is 504 g/mol. The van der Waals surface area contributed by atoms with Gasteiger partial charge in [-0.25, -0.2) is 0 Å². The molecule has 0 spiro atoms. The van der Waals surface area contributed by atoms with Gasteiger partial charge in [0.2, 0.25) is 0 Å². The zero-order valence-electron chi connectivity index (χ0n) is 18.2. The standard InChI is InChI=1S/C22H37IO3Si/c1-17(13-14-23)21(18(2)15-26-27(7,8)22(3,4)5)25-16-19-9-11-20(24-6)12-10-19/h9-14,17-18,21H,15-16H2,1-8H3/b14-13-/t17-,18-,21+/m0/s1. The largest absolute Gasteiger partial charge is 0.497 e. The molecule has 0 unspecified atom stereocenters. The normalized spacial score (nSPS) is 16.3. The van der Waals surface area contributed by atoms with Crippen molar-refractivity contribution in [2.24, 2.45) is 11.8 Å². The van der Waals surface area contributed by atoms with Crippen LogP contribution < -0.4 is 4.74 Å². The Morgan fingerprint density at radius 3 is 2.19 bits per heavy atom. The number of rotatable bonds is 10. The van der Waals surface area contributed by atoms with Crippen molar-refractivity contribution in [1.82, 2.24) is 0 Å². The Morgan fingerprint density at radius 2 is 1.70 bits per heavy atom. The van der Waals surface area contributed by atoms with Crippen molar-refractivity contribution in [2.75, 3.05) is 13.7 Å². The Bertz CT molecular complexity index is 578. The summed E-state index contributed by atoms with van der Waals surface area (Å²) in [4.78, 5) is 0. The Hall–Kier alpha value is -0.373. The molecule has 0 aliphatic heterocycles. The van der Waals surface area contributed by atoms with Crippen LogP contribution in [0.5, 0.6) is 5.75 Å². The molecule has 1 aromatic rings. The fourth-order valence-corrected chi connectivity index (χ4v) is 4.39. The van der Waals surface area contributed by atoms with Gasteiger partial charge in [-0.3, -0.25) is 0 Å². The average molecular weight is 505 g/mol. The molecule has 0 aromatic heterocycles. The molecule has 0 fully saturated rings. The summed E-state index contributed by atoms with van der Waals surface area (Å²) in [6, 6.07) is 8.08. The van der Waals surface area contributed by atoms with Gasteiger partial charge >= 0.3 is 0 Å². The maximum Gasteiger partial charge on any atom is 0.191 e. The first-order valence-electron chi connectivity index (χ1n) is 9.67. The Balaban J connectivity index is 2.77. The van der Waals surface area contributed by atoms with E-state index < -0.39 is 8.32 Å². The molecular formula is C22H37IO3Si. The maximum atomic E-state index is 6.46. The van der Waals surface area contributed by atoms with Crippen LogP contribution in [0.3, 0.4) is 0 Å². The summed E-state index contributed by atoms with van der Waals surface area (Å²) in [5, 5.41) is 0.222. The molecule has 1 aromatic carbocycles. The minimum atomic E-state index is -1.75. The Morgan fingerprint density at radius 1 is 1.11 bits per heavy atom. The molecular weight excluding hydrogens is 467 g/mol. The highest BCUT2D eigenvalue weighted by molar-refractivity contribution is 14.1. The molecule has 0 heterocycles. The lowest BCUT2D eigenvalue weighted by Crippen LogP contribution is -2.43. The fraction of sp³-hybridized carbons (Fsp3) is 0.636. The molecule has 27 heavy (non-hydrogen) atoms. The summed E-state index contributed by atoms with van der Waals surface area (Å²) in [6.45, 7) is 17.2. The zero-order valence-corrected chi connectivity index (χ0v) is 21.4. The molecule has 0 saturated heterocycles. The molecule has 0 radical (unpaired) electrons. The van der Waals surface area contributed by atoms with Gasteiger partial charge in [0.05, 0.1) is 19.8 Å². The number of ether oxygens (including phenoxy) is 2. The molecule has 3 atom stereocenters. The zero-order chi connectivity index (χ0) is 20.7. The summed E-state index contributed by atoms with van der Waals surface area (Å²) >= 11 is 2.28. The third-order valence-corrected chi connectivity index (χ3v) is 10.5. The summed E-state index contributed by atoms with van der Waals surface area (Å²) in [7, 11) is -0.0690.